The molecule has 13 heavy (non-hydrogen) atoms. The predicted octanol–water partition coefficient (Wildman–Crippen LogP) is 1.42. The second kappa shape index (κ2) is 5.14. The van der Waals surface area contributed by atoms with Gasteiger partial charge in [-0.3, -0.25) is 0 Å². The topological polar surface area (TPSA) is 58.0 Å². The second-order valence-electron chi connectivity index (χ2n) is 2.67. The van der Waals surface area contributed by atoms with Crippen molar-refractivity contribution in [3.8, 4) is 0 Å². The van der Waals surface area contributed by atoms with Crippen molar-refractivity contribution in [2.24, 2.45) is 0 Å². The molecule has 0 aliphatic heterocycles. The highest BCUT2D eigenvalue weighted by Gasteiger charge is 2.00. The maximum atomic E-state index is 9.27. The fourth-order valence-corrected chi connectivity index (χ4v) is 1.11. The van der Waals surface area contributed by atoms with Crippen molar-refractivity contribution in [2.75, 3.05) is 11.9 Å². The van der Waals surface area contributed by atoms with E-state index < -0.39 is 0 Å². The first-order valence-electron chi connectivity index (χ1n) is 4.12. The summed E-state index contributed by atoms with van der Waals surface area (Å²) in [6.07, 6.45) is 1.87. The number of hydrogen-bond acceptors (Lipinski definition) is 4. The molecule has 1 rings (SSSR count). The van der Waals surface area contributed by atoms with Gasteiger partial charge in [-0.05, 0) is 22.4 Å². The van der Waals surface area contributed by atoms with Crippen LogP contribution >= 0.6 is 15.9 Å². The molecule has 0 aromatic carbocycles. The van der Waals surface area contributed by atoms with E-state index in [4.69, 9.17) is 0 Å². The van der Waals surface area contributed by atoms with Crippen molar-refractivity contribution in [1.29, 1.82) is 0 Å². The Bertz CT molecular complexity index is 269. The van der Waals surface area contributed by atoms with Crippen LogP contribution in [-0.2, 0) is 0 Å². The molecule has 1 aromatic rings. The first-order valence-corrected chi connectivity index (χ1v) is 4.91. The molecule has 1 heterocycles. The minimum Gasteiger partial charge on any atom is -0.391 e. The standard InChI is InChI=1S/C8H12BrN3O/c1-2-6(13)4-10-8-3-7(9)11-5-12-8/h3,5-6,13H,2,4H2,1H3,(H,10,11,12). The highest BCUT2D eigenvalue weighted by Crippen LogP contribution is 2.09. The quantitative estimate of drug-likeness (QED) is 0.789. The molecule has 1 atom stereocenters. The van der Waals surface area contributed by atoms with E-state index in [1.165, 1.54) is 6.33 Å². The molecule has 0 amide bonds. The highest BCUT2D eigenvalue weighted by atomic mass is 79.9. The molecule has 0 saturated heterocycles. The molecule has 1 aromatic heterocycles. The third-order valence-corrected chi connectivity index (χ3v) is 2.06. The van der Waals surface area contributed by atoms with Crippen LogP contribution in [0.5, 0.6) is 0 Å². The summed E-state index contributed by atoms with van der Waals surface area (Å²) >= 11 is 3.23. The van der Waals surface area contributed by atoms with Crippen LogP contribution in [-0.4, -0.2) is 27.7 Å². The summed E-state index contributed by atoms with van der Waals surface area (Å²) < 4.78 is 0.732. The zero-order valence-electron chi connectivity index (χ0n) is 7.37. The highest BCUT2D eigenvalue weighted by molar-refractivity contribution is 9.10. The Hall–Kier alpha value is -0.680. The summed E-state index contributed by atoms with van der Waals surface area (Å²) in [4.78, 5) is 7.87. The largest absolute Gasteiger partial charge is 0.391 e. The average Bonchev–Trinajstić information content (AvgIpc) is 2.14. The zero-order chi connectivity index (χ0) is 9.68. The van der Waals surface area contributed by atoms with Gasteiger partial charge in [0.15, 0.2) is 0 Å². The second-order valence-corrected chi connectivity index (χ2v) is 3.48. The Kier molecular flexibility index (Phi) is 4.11. The molecule has 0 saturated carbocycles. The lowest BCUT2D eigenvalue weighted by Gasteiger charge is -2.09. The van der Waals surface area contributed by atoms with Crippen molar-refractivity contribution in [1.82, 2.24) is 9.97 Å². The summed E-state index contributed by atoms with van der Waals surface area (Å²) in [5, 5.41) is 12.3. The Morgan fingerprint density at radius 1 is 1.62 bits per heavy atom. The molecular formula is C8H12BrN3O. The number of nitrogens with zero attached hydrogens (tertiary/aromatic N) is 2. The van der Waals surface area contributed by atoms with Gasteiger partial charge in [0.1, 0.15) is 16.7 Å². The van der Waals surface area contributed by atoms with Gasteiger partial charge in [0.25, 0.3) is 0 Å². The van der Waals surface area contributed by atoms with Gasteiger partial charge in [-0.25, -0.2) is 9.97 Å². The summed E-state index contributed by atoms with van der Waals surface area (Å²) in [5.41, 5.74) is 0. The molecule has 0 spiro atoms. The maximum Gasteiger partial charge on any atom is 0.130 e. The Morgan fingerprint density at radius 3 is 3.00 bits per heavy atom. The Balaban J connectivity index is 2.45. The lowest BCUT2D eigenvalue weighted by atomic mass is 10.3. The number of halogens is 1. The average molecular weight is 246 g/mol. The van der Waals surface area contributed by atoms with Gasteiger partial charge >= 0.3 is 0 Å². The van der Waals surface area contributed by atoms with Crippen LogP contribution < -0.4 is 5.32 Å². The third-order valence-electron chi connectivity index (χ3n) is 1.62. The molecule has 2 N–H and O–H groups in total. The van der Waals surface area contributed by atoms with Gasteiger partial charge in [0.05, 0.1) is 6.10 Å². The maximum absolute atomic E-state index is 9.27. The van der Waals surface area contributed by atoms with E-state index >= 15 is 0 Å². The molecule has 72 valence electrons. The van der Waals surface area contributed by atoms with E-state index in [0.29, 0.717) is 6.54 Å². The lowest BCUT2D eigenvalue weighted by Crippen LogP contribution is -2.18. The summed E-state index contributed by atoms with van der Waals surface area (Å²) in [6.45, 7) is 2.45. The first kappa shape index (κ1) is 10.4. The van der Waals surface area contributed by atoms with Crippen molar-refractivity contribution in [2.45, 2.75) is 19.4 Å². The van der Waals surface area contributed by atoms with Crippen LogP contribution in [0.2, 0.25) is 0 Å². The van der Waals surface area contributed by atoms with Gasteiger partial charge in [-0.2, -0.15) is 0 Å². The van der Waals surface area contributed by atoms with Gasteiger partial charge in [0, 0.05) is 12.6 Å². The van der Waals surface area contributed by atoms with Crippen LogP contribution in [0, 0.1) is 0 Å². The van der Waals surface area contributed by atoms with E-state index in [2.05, 4.69) is 31.2 Å². The van der Waals surface area contributed by atoms with Crippen molar-refractivity contribution < 1.29 is 5.11 Å². The van der Waals surface area contributed by atoms with E-state index in [-0.39, 0.29) is 6.10 Å². The molecule has 0 bridgehead atoms. The van der Waals surface area contributed by atoms with Gasteiger partial charge in [-0.15, -0.1) is 0 Å². The third kappa shape index (κ3) is 3.69. The van der Waals surface area contributed by atoms with Gasteiger partial charge in [0.2, 0.25) is 0 Å². The molecular weight excluding hydrogens is 234 g/mol. The monoisotopic (exact) mass is 245 g/mol. The minimum absolute atomic E-state index is 0.325. The smallest absolute Gasteiger partial charge is 0.130 e. The number of aliphatic hydroxyl groups is 1. The summed E-state index contributed by atoms with van der Waals surface area (Å²) in [6, 6.07) is 1.77. The number of aromatic nitrogens is 2. The molecule has 5 heteroatoms. The van der Waals surface area contributed by atoms with Gasteiger partial charge in [-0.1, -0.05) is 6.92 Å². The van der Waals surface area contributed by atoms with E-state index in [0.717, 1.165) is 16.8 Å². The van der Waals surface area contributed by atoms with Crippen LogP contribution in [0.3, 0.4) is 0 Å². The number of aliphatic hydroxyl groups excluding tert-OH is 1. The normalized spacial score (nSPS) is 12.5. The fourth-order valence-electron chi connectivity index (χ4n) is 0.797. The van der Waals surface area contributed by atoms with Crippen molar-refractivity contribution in [3.05, 3.63) is 17.0 Å². The molecule has 0 radical (unpaired) electrons. The molecule has 4 nitrogen and oxygen atoms in total. The van der Waals surface area contributed by atoms with Crippen molar-refractivity contribution >= 4 is 21.7 Å². The number of hydrogen-bond donors (Lipinski definition) is 2. The van der Waals surface area contributed by atoms with Crippen LogP contribution in [0.15, 0.2) is 17.0 Å². The summed E-state index contributed by atoms with van der Waals surface area (Å²) in [5.74, 6) is 0.717. The minimum atomic E-state index is -0.325. The van der Waals surface area contributed by atoms with Crippen LogP contribution in [0.1, 0.15) is 13.3 Å². The first-order chi connectivity index (χ1) is 6.22. The lowest BCUT2D eigenvalue weighted by molar-refractivity contribution is 0.183. The fraction of sp³-hybridized carbons (Fsp3) is 0.500. The van der Waals surface area contributed by atoms with Crippen LogP contribution in [0.25, 0.3) is 0 Å². The Labute approximate surface area is 85.5 Å². The SMILES string of the molecule is CCC(O)CNc1cc(Br)ncn1. The van der Waals surface area contributed by atoms with Gasteiger partial charge < -0.3 is 10.4 Å². The number of anilines is 1. The van der Waals surface area contributed by atoms with E-state index in [1.54, 1.807) is 6.07 Å². The number of rotatable bonds is 4. The molecule has 0 aliphatic rings. The predicted molar refractivity (Wildman–Crippen MR) is 54.5 cm³/mol. The Morgan fingerprint density at radius 2 is 2.38 bits per heavy atom. The number of nitrogens with one attached hydrogen (secondary N) is 1. The van der Waals surface area contributed by atoms with Crippen molar-refractivity contribution in [3.63, 3.8) is 0 Å². The van der Waals surface area contributed by atoms with Crippen LogP contribution in [0.4, 0.5) is 5.82 Å². The molecule has 0 fully saturated rings. The molecule has 0 aliphatic carbocycles. The van der Waals surface area contributed by atoms with E-state index in [1.807, 2.05) is 6.92 Å². The zero-order valence-corrected chi connectivity index (χ0v) is 8.95. The summed E-state index contributed by atoms with van der Waals surface area (Å²) in [7, 11) is 0. The molecule has 1 unspecified atom stereocenters. The van der Waals surface area contributed by atoms with E-state index in [9.17, 15) is 5.11 Å².